The van der Waals surface area contributed by atoms with Gasteiger partial charge in [0.05, 0.1) is 16.6 Å². The third-order valence-electron chi connectivity index (χ3n) is 3.63. The van der Waals surface area contributed by atoms with Gasteiger partial charge in [-0.2, -0.15) is 5.10 Å². The van der Waals surface area contributed by atoms with Crippen LogP contribution in [0.4, 0.5) is 10.1 Å². The Hall–Kier alpha value is -2.88. The van der Waals surface area contributed by atoms with Gasteiger partial charge >= 0.3 is 0 Å². The molecule has 26 heavy (non-hydrogen) atoms. The second-order valence-corrected chi connectivity index (χ2v) is 7.03. The van der Waals surface area contributed by atoms with Crippen LogP contribution in [-0.2, 0) is 4.79 Å². The lowest BCUT2D eigenvalue weighted by Gasteiger charge is -2.12. The van der Waals surface area contributed by atoms with E-state index >= 15 is 0 Å². The Morgan fingerprint density at radius 2 is 2.04 bits per heavy atom. The second-order valence-electron chi connectivity index (χ2n) is 5.72. The molecular formula is C16H18FN7OS. The van der Waals surface area contributed by atoms with E-state index in [1.807, 2.05) is 19.9 Å². The molecule has 0 aliphatic heterocycles. The number of carbonyl (C=O) groups excluding carboxylic acids is 1. The first kappa shape index (κ1) is 17.9. The molecule has 3 rings (SSSR count). The van der Waals surface area contributed by atoms with Crippen molar-refractivity contribution in [3.63, 3.8) is 0 Å². The topological polar surface area (TPSA) is 104 Å². The maximum absolute atomic E-state index is 13.7. The van der Waals surface area contributed by atoms with Crippen molar-refractivity contribution in [2.45, 2.75) is 31.2 Å². The summed E-state index contributed by atoms with van der Waals surface area (Å²) >= 11 is 1.12. The Balaban J connectivity index is 1.74. The van der Waals surface area contributed by atoms with E-state index in [1.165, 1.54) is 16.8 Å². The average molecular weight is 375 g/mol. The van der Waals surface area contributed by atoms with E-state index in [1.54, 1.807) is 23.7 Å². The van der Waals surface area contributed by atoms with Crippen molar-refractivity contribution in [2.75, 3.05) is 11.2 Å². The van der Waals surface area contributed by atoms with Crippen LogP contribution in [0.1, 0.15) is 18.3 Å². The highest BCUT2D eigenvalue weighted by atomic mass is 32.2. The van der Waals surface area contributed by atoms with Crippen LogP contribution in [0, 0.1) is 19.7 Å². The molecular weight excluding hydrogens is 357 g/mol. The van der Waals surface area contributed by atoms with Crippen molar-refractivity contribution < 1.29 is 9.18 Å². The van der Waals surface area contributed by atoms with Gasteiger partial charge in [-0.25, -0.2) is 13.7 Å². The van der Waals surface area contributed by atoms with Gasteiger partial charge in [-0.05, 0) is 39.0 Å². The van der Waals surface area contributed by atoms with E-state index in [9.17, 15) is 9.18 Å². The van der Waals surface area contributed by atoms with E-state index in [0.29, 0.717) is 11.1 Å². The number of nitrogen functional groups attached to an aromatic ring is 1. The SMILES string of the molecule is Cc1cc(C)n(-c2nnc(SC(C)C(=O)Nc3ccccc3F)n2N)n1. The summed E-state index contributed by atoms with van der Waals surface area (Å²) in [5, 5.41) is 14.7. The highest BCUT2D eigenvalue weighted by molar-refractivity contribution is 8.00. The van der Waals surface area contributed by atoms with Crippen molar-refractivity contribution >= 4 is 23.4 Å². The number of aryl methyl sites for hydroxylation is 2. The van der Waals surface area contributed by atoms with Gasteiger partial charge in [-0.15, -0.1) is 10.2 Å². The predicted molar refractivity (Wildman–Crippen MR) is 97.1 cm³/mol. The Labute approximate surface area is 153 Å². The summed E-state index contributed by atoms with van der Waals surface area (Å²) in [5.74, 6) is 5.55. The molecule has 136 valence electrons. The molecule has 2 heterocycles. The Morgan fingerprint density at radius 3 is 2.69 bits per heavy atom. The maximum Gasteiger partial charge on any atom is 0.271 e. The molecule has 0 saturated heterocycles. The monoisotopic (exact) mass is 375 g/mol. The number of anilines is 1. The van der Waals surface area contributed by atoms with Crippen LogP contribution in [0.5, 0.6) is 0 Å². The molecule has 10 heteroatoms. The molecule has 3 aromatic rings. The van der Waals surface area contributed by atoms with E-state index < -0.39 is 11.1 Å². The normalized spacial score (nSPS) is 12.2. The number of aromatic nitrogens is 5. The molecule has 0 saturated carbocycles. The van der Waals surface area contributed by atoms with Crippen LogP contribution in [0.3, 0.4) is 0 Å². The number of halogens is 1. The van der Waals surface area contributed by atoms with Crippen LogP contribution in [0.2, 0.25) is 0 Å². The van der Waals surface area contributed by atoms with Crippen molar-refractivity contribution in [3.8, 4) is 5.95 Å². The van der Waals surface area contributed by atoms with E-state index in [0.717, 1.165) is 23.1 Å². The molecule has 2 aromatic heterocycles. The zero-order chi connectivity index (χ0) is 18.8. The van der Waals surface area contributed by atoms with Crippen molar-refractivity contribution in [2.24, 2.45) is 0 Å². The van der Waals surface area contributed by atoms with Crippen LogP contribution in [0.25, 0.3) is 5.95 Å². The number of benzene rings is 1. The molecule has 0 aliphatic rings. The third kappa shape index (κ3) is 3.54. The number of hydrogen-bond donors (Lipinski definition) is 2. The average Bonchev–Trinajstić information content (AvgIpc) is 3.11. The summed E-state index contributed by atoms with van der Waals surface area (Å²) in [6.45, 7) is 5.43. The molecule has 0 fully saturated rings. The van der Waals surface area contributed by atoms with Crippen molar-refractivity contribution in [3.05, 3.63) is 47.5 Å². The lowest BCUT2D eigenvalue weighted by Crippen LogP contribution is -2.24. The molecule has 8 nitrogen and oxygen atoms in total. The number of nitrogens with zero attached hydrogens (tertiary/aromatic N) is 5. The molecule has 0 aliphatic carbocycles. The fourth-order valence-electron chi connectivity index (χ4n) is 2.33. The number of nitrogens with two attached hydrogens (primary N) is 1. The third-order valence-corrected chi connectivity index (χ3v) is 4.69. The van der Waals surface area contributed by atoms with Gasteiger partial charge in [-0.3, -0.25) is 4.79 Å². The fraction of sp³-hybridized carbons (Fsp3) is 0.250. The fourth-order valence-corrected chi connectivity index (χ4v) is 3.10. The Morgan fingerprint density at radius 1 is 1.31 bits per heavy atom. The Bertz CT molecular complexity index is 952. The first-order chi connectivity index (χ1) is 12.4. The lowest BCUT2D eigenvalue weighted by atomic mass is 10.3. The summed E-state index contributed by atoms with van der Waals surface area (Å²) in [7, 11) is 0. The summed E-state index contributed by atoms with van der Waals surface area (Å²) in [5.41, 5.74) is 1.82. The predicted octanol–water partition coefficient (Wildman–Crippen LogP) is 2.05. The van der Waals surface area contributed by atoms with Crippen LogP contribution >= 0.6 is 11.8 Å². The van der Waals surface area contributed by atoms with E-state index in [-0.39, 0.29) is 11.6 Å². The first-order valence-electron chi connectivity index (χ1n) is 7.83. The highest BCUT2D eigenvalue weighted by Crippen LogP contribution is 2.23. The van der Waals surface area contributed by atoms with Crippen LogP contribution in [-0.4, -0.2) is 35.8 Å². The molecule has 3 N–H and O–H groups in total. The Kier molecular flexibility index (Phi) is 4.94. The van der Waals surface area contributed by atoms with Gasteiger partial charge in [0, 0.05) is 5.69 Å². The zero-order valence-corrected chi connectivity index (χ0v) is 15.3. The minimum absolute atomic E-state index is 0.127. The number of rotatable bonds is 5. The molecule has 1 unspecified atom stereocenters. The van der Waals surface area contributed by atoms with Gasteiger partial charge in [0.2, 0.25) is 11.1 Å². The molecule has 1 atom stereocenters. The summed E-state index contributed by atoms with van der Waals surface area (Å²) < 4.78 is 16.5. The lowest BCUT2D eigenvalue weighted by molar-refractivity contribution is -0.115. The zero-order valence-electron chi connectivity index (χ0n) is 14.5. The first-order valence-corrected chi connectivity index (χ1v) is 8.71. The van der Waals surface area contributed by atoms with E-state index in [4.69, 9.17) is 5.84 Å². The second kappa shape index (κ2) is 7.16. The molecule has 1 aromatic carbocycles. The minimum Gasteiger partial charge on any atom is -0.334 e. The standard InChI is InChI=1S/C16H18FN7OS/c1-9-8-10(2)24(22-9)15-20-21-16(23(15)18)26-11(3)14(25)19-13-7-5-4-6-12(13)17/h4-8,11H,18H2,1-3H3,(H,19,25). The van der Waals surface area contributed by atoms with Crippen LogP contribution in [0.15, 0.2) is 35.5 Å². The summed E-state index contributed by atoms with van der Waals surface area (Å²) in [6.07, 6.45) is 0. The van der Waals surface area contributed by atoms with Crippen LogP contribution < -0.4 is 11.2 Å². The smallest absolute Gasteiger partial charge is 0.271 e. The van der Waals surface area contributed by atoms with Gasteiger partial charge in [0.15, 0.2) is 0 Å². The maximum atomic E-state index is 13.7. The number of carbonyl (C=O) groups is 1. The number of thioether (sulfide) groups is 1. The molecule has 0 bridgehead atoms. The summed E-state index contributed by atoms with van der Waals surface area (Å²) in [4.78, 5) is 12.3. The highest BCUT2D eigenvalue weighted by Gasteiger charge is 2.21. The van der Waals surface area contributed by atoms with Crippen molar-refractivity contribution in [1.82, 2.24) is 24.7 Å². The summed E-state index contributed by atoms with van der Waals surface area (Å²) in [6, 6.07) is 7.88. The largest absolute Gasteiger partial charge is 0.334 e. The van der Waals surface area contributed by atoms with Crippen molar-refractivity contribution in [1.29, 1.82) is 0 Å². The number of para-hydroxylation sites is 1. The molecule has 1 amide bonds. The molecule has 0 spiro atoms. The van der Waals surface area contributed by atoms with Gasteiger partial charge in [0.25, 0.3) is 5.95 Å². The van der Waals surface area contributed by atoms with E-state index in [2.05, 4.69) is 20.6 Å². The number of amides is 1. The quantitative estimate of drug-likeness (QED) is 0.523. The number of hydrogen-bond acceptors (Lipinski definition) is 6. The molecule has 0 radical (unpaired) electrons. The van der Waals surface area contributed by atoms with Gasteiger partial charge in [0.1, 0.15) is 5.82 Å². The van der Waals surface area contributed by atoms with Gasteiger partial charge < -0.3 is 11.2 Å². The van der Waals surface area contributed by atoms with Gasteiger partial charge in [-0.1, -0.05) is 23.9 Å². The minimum atomic E-state index is -0.561. The number of nitrogens with one attached hydrogen (secondary N) is 1.